The fraction of sp³-hybridized carbons (Fsp3) is 0.286. The summed E-state index contributed by atoms with van der Waals surface area (Å²) in [6, 6.07) is 13.8. The molecule has 1 aromatic heterocycles. The Morgan fingerprint density at radius 2 is 1.72 bits per heavy atom. The average Bonchev–Trinajstić information content (AvgIpc) is 3.09. The zero-order valence-electron chi connectivity index (χ0n) is 14.6. The number of carbonyl (C=O) groups excluding carboxylic acids is 1. The number of benzene rings is 2. The Kier molecular flexibility index (Phi) is 3.96. The summed E-state index contributed by atoms with van der Waals surface area (Å²) in [5, 5.41) is 0. The standard InChI is InChI=1S/C21H21N3O/c1-3-16-17(4-2)23-19-13-15(9-10-18(19)22-16)21(25)24-12-11-14-7-5-6-8-20(14)24/h5-10,13H,3-4,11-12H2,1-2H3. The van der Waals surface area contributed by atoms with Crippen molar-refractivity contribution >= 4 is 22.6 Å². The first kappa shape index (κ1) is 15.8. The SMILES string of the molecule is CCc1nc2ccc(C(=O)N3CCc4ccccc43)cc2nc1CC. The molecule has 0 spiro atoms. The zero-order chi connectivity index (χ0) is 17.4. The molecule has 1 amide bonds. The second-order valence-corrected chi connectivity index (χ2v) is 6.36. The van der Waals surface area contributed by atoms with Gasteiger partial charge < -0.3 is 4.90 Å². The maximum absolute atomic E-state index is 13.0. The van der Waals surface area contributed by atoms with E-state index in [1.807, 2.05) is 41.3 Å². The van der Waals surface area contributed by atoms with Crippen molar-refractivity contribution in [2.45, 2.75) is 33.1 Å². The number of hydrogen-bond acceptors (Lipinski definition) is 3. The second kappa shape index (κ2) is 6.28. The van der Waals surface area contributed by atoms with E-state index >= 15 is 0 Å². The smallest absolute Gasteiger partial charge is 0.258 e. The van der Waals surface area contributed by atoms with Gasteiger partial charge in [-0.25, -0.2) is 9.97 Å². The summed E-state index contributed by atoms with van der Waals surface area (Å²) in [6.45, 7) is 4.92. The van der Waals surface area contributed by atoms with E-state index in [-0.39, 0.29) is 5.91 Å². The minimum absolute atomic E-state index is 0.0336. The Morgan fingerprint density at radius 3 is 2.48 bits per heavy atom. The number of rotatable bonds is 3. The number of aryl methyl sites for hydroxylation is 2. The third kappa shape index (κ3) is 2.68. The van der Waals surface area contributed by atoms with Crippen LogP contribution in [0.4, 0.5) is 5.69 Å². The highest BCUT2D eigenvalue weighted by Crippen LogP contribution is 2.29. The van der Waals surface area contributed by atoms with Crippen LogP contribution in [0.25, 0.3) is 11.0 Å². The lowest BCUT2D eigenvalue weighted by atomic mass is 10.1. The van der Waals surface area contributed by atoms with Crippen LogP contribution in [0.3, 0.4) is 0 Å². The van der Waals surface area contributed by atoms with Gasteiger partial charge >= 0.3 is 0 Å². The number of nitrogens with zero attached hydrogens (tertiary/aromatic N) is 3. The predicted molar refractivity (Wildman–Crippen MR) is 100 cm³/mol. The lowest BCUT2D eigenvalue weighted by molar-refractivity contribution is 0.0989. The van der Waals surface area contributed by atoms with Crippen LogP contribution in [-0.4, -0.2) is 22.4 Å². The van der Waals surface area contributed by atoms with Gasteiger partial charge in [-0.05, 0) is 49.1 Å². The van der Waals surface area contributed by atoms with Gasteiger partial charge in [0.2, 0.25) is 0 Å². The fourth-order valence-corrected chi connectivity index (χ4v) is 3.53. The van der Waals surface area contributed by atoms with Crippen molar-refractivity contribution in [2.24, 2.45) is 0 Å². The van der Waals surface area contributed by atoms with Crippen LogP contribution in [0.15, 0.2) is 42.5 Å². The molecule has 25 heavy (non-hydrogen) atoms. The van der Waals surface area contributed by atoms with Crippen LogP contribution in [0.1, 0.15) is 41.2 Å². The lowest BCUT2D eigenvalue weighted by Crippen LogP contribution is -2.28. The molecule has 0 N–H and O–H groups in total. The van der Waals surface area contributed by atoms with E-state index in [0.717, 1.165) is 53.9 Å². The molecule has 0 radical (unpaired) electrons. The van der Waals surface area contributed by atoms with E-state index in [9.17, 15) is 4.79 Å². The van der Waals surface area contributed by atoms with Gasteiger partial charge in [0.25, 0.3) is 5.91 Å². The third-order valence-corrected chi connectivity index (χ3v) is 4.87. The molecular formula is C21H21N3O. The van der Waals surface area contributed by atoms with Crippen LogP contribution in [0.5, 0.6) is 0 Å². The second-order valence-electron chi connectivity index (χ2n) is 6.36. The van der Waals surface area contributed by atoms with E-state index in [2.05, 4.69) is 19.9 Å². The topological polar surface area (TPSA) is 46.1 Å². The summed E-state index contributed by atoms with van der Waals surface area (Å²) in [5.74, 6) is 0.0336. The van der Waals surface area contributed by atoms with Crippen molar-refractivity contribution < 1.29 is 4.79 Å². The highest BCUT2D eigenvalue weighted by Gasteiger charge is 2.25. The number of aromatic nitrogens is 2. The monoisotopic (exact) mass is 331 g/mol. The number of hydrogen-bond donors (Lipinski definition) is 0. The van der Waals surface area contributed by atoms with E-state index in [4.69, 9.17) is 9.97 Å². The molecule has 0 saturated heterocycles. The molecule has 0 bridgehead atoms. The first-order valence-corrected chi connectivity index (χ1v) is 8.90. The van der Waals surface area contributed by atoms with E-state index in [0.29, 0.717) is 5.56 Å². The van der Waals surface area contributed by atoms with Gasteiger partial charge in [-0.15, -0.1) is 0 Å². The average molecular weight is 331 g/mol. The van der Waals surface area contributed by atoms with Crippen LogP contribution < -0.4 is 4.90 Å². The van der Waals surface area contributed by atoms with Crippen molar-refractivity contribution in [3.8, 4) is 0 Å². The molecule has 1 aliphatic heterocycles. The molecule has 2 aromatic carbocycles. The molecule has 126 valence electrons. The Hall–Kier alpha value is -2.75. The molecule has 4 heteroatoms. The fourth-order valence-electron chi connectivity index (χ4n) is 3.53. The van der Waals surface area contributed by atoms with Crippen LogP contribution in [0.2, 0.25) is 0 Å². The molecule has 0 atom stereocenters. The van der Waals surface area contributed by atoms with Gasteiger partial charge in [0.1, 0.15) is 0 Å². The lowest BCUT2D eigenvalue weighted by Gasteiger charge is -2.17. The number of fused-ring (bicyclic) bond motifs is 2. The minimum Gasteiger partial charge on any atom is -0.308 e. The quantitative estimate of drug-likeness (QED) is 0.730. The van der Waals surface area contributed by atoms with Gasteiger partial charge in [0.15, 0.2) is 0 Å². The van der Waals surface area contributed by atoms with E-state index in [1.54, 1.807) is 0 Å². The Bertz CT molecular complexity index is 965. The molecule has 0 saturated carbocycles. The van der Waals surface area contributed by atoms with Crippen LogP contribution in [0, 0.1) is 0 Å². The number of carbonyl (C=O) groups is 1. The first-order chi connectivity index (χ1) is 12.2. The van der Waals surface area contributed by atoms with Gasteiger partial charge in [0.05, 0.1) is 22.4 Å². The van der Waals surface area contributed by atoms with E-state index < -0.39 is 0 Å². The predicted octanol–water partition coefficient (Wildman–Crippen LogP) is 3.96. The van der Waals surface area contributed by atoms with Crippen molar-refractivity contribution in [3.63, 3.8) is 0 Å². The molecule has 0 fully saturated rings. The number of anilines is 1. The molecule has 2 heterocycles. The van der Waals surface area contributed by atoms with Crippen molar-refractivity contribution in [1.82, 2.24) is 9.97 Å². The summed E-state index contributed by atoms with van der Waals surface area (Å²) in [6.07, 6.45) is 2.64. The summed E-state index contributed by atoms with van der Waals surface area (Å²) in [4.78, 5) is 24.3. The molecule has 4 nitrogen and oxygen atoms in total. The first-order valence-electron chi connectivity index (χ1n) is 8.90. The summed E-state index contributed by atoms with van der Waals surface area (Å²) in [7, 11) is 0. The van der Waals surface area contributed by atoms with Crippen LogP contribution >= 0.6 is 0 Å². The number of amides is 1. The zero-order valence-corrected chi connectivity index (χ0v) is 14.6. The molecule has 0 aliphatic carbocycles. The Morgan fingerprint density at radius 1 is 1.00 bits per heavy atom. The number of para-hydroxylation sites is 1. The highest BCUT2D eigenvalue weighted by atomic mass is 16.2. The largest absolute Gasteiger partial charge is 0.308 e. The Balaban J connectivity index is 1.73. The van der Waals surface area contributed by atoms with Gasteiger partial charge in [-0.1, -0.05) is 32.0 Å². The van der Waals surface area contributed by atoms with Gasteiger partial charge in [-0.2, -0.15) is 0 Å². The maximum Gasteiger partial charge on any atom is 0.258 e. The summed E-state index contributed by atoms with van der Waals surface area (Å²) in [5.41, 5.74) is 6.64. The molecule has 4 rings (SSSR count). The van der Waals surface area contributed by atoms with Crippen molar-refractivity contribution in [1.29, 1.82) is 0 Å². The molecule has 1 aliphatic rings. The van der Waals surface area contributed by atoms with E-state index in [1.165, 1.54) is 5.56 Å². The maximum atomic E-state index is 13.0. The molecular weight excluding hydrogens is 310 g/mol. The summed E-state index contributed by atoms with van der Waals surface area (Å²) < 4.78 is 0. The van der Waals surface area contributed by atoms with Gasteiger partial charge in [0, 0.05) is 17.8 Å². The third-order valence-electron chi connectivity index (χ3n) is 4.87. The normalized spacial score (nSPS) is 13.3. The Labute approximate surface area is 147 Å². The molecule has 3 aromatic rings. The van der Waals surface area contributed by atoms with Crippen molar-refractivity contribution in [2.75, 3.05) is 11.4 Å². The highest BCUT2D eigenvalue weighted by molar-refractivity contribution is 6.08. The van der Waals surface area contributed by atoms with Crippen molar-refractivity contribution in [3.05, 3.63) is 65.0 Å². The molecule has 0 unspecified atom stereocenters. The van der Waals surface area contributed by atoms with Gasteiger partial charge in [-0.3, -0.25) is 4.79 Å². The van der Waals surface area contributed by atoms with Crippen LogP contribution in [-0.2, 0) is 19.3 Å². The minimum atomic E-state index is 0.0336. The summed E-state index contributed by atoms with van der Waals surface area (Å²) >= 11 is 0.